The van der Waals surface area contributed by atoms with Crippen LogP contribution in [0.4, 0.5) is 0 Å². The minimum Gasteiger partial charge on any atom is -0.508 e. The third-order valence-electron chi connectivity index (χ3n) is 3.82. The van der Waals surface area contributed by atoms with Crippen molar-refractivity contribution >= 4 is 7.92 Å². The van der Waals surface area contributed by atoms with Crippen LogP contribution in [-0.4, -0.2) is 24.5 Å². The van der Waals surface area contributed by atoms with Gasteiger partial charge in [-0.25, -0.2) is 0 Å². The number of hydrogen-bond donors (Lipinski definition) is 1. The standard InChI is InChI=1S/C18H23O2P/c1-4-21(5-2)18(14-9-7-6-8-10-14)16-13-15(20-3)11-12-17(16)19/h6-13,18-19H,4-5H2,1-3H3. The maximum absolute atomic E-state index is 10.4. The zero-order chi connectivity index (χ0) is 15.2. The van der Waals surface area contributed by atoms with Crippen molar-refractivity contribution in [2.75, 3.05) is 19.4 Å². The lowest BCUT2D eigenvalue weighted by molar-refractivity contribution is 0.411. The Bertz CT molecular complexity index is 565. The molecule has 0 radical (unpaired) electrons. The summed E-state index contributed by atoms with van der Waals surface area (Å²) < 4.78 is 5.34. The van der Waals surface area contributed by atoms with E-state index >= 15 is 0 Å². The average molecular weight is 302 g/mol. The van der Waals surface area contributed by atoms with E-state index in [1.165, 1.54) is 5.56 Å². The monoisotopic (exact) mass is 302 g/mol. The molecule has 2 aromatic carbocycles. The maximum atomic E-state index is 10.4. The molecule has 0 fully saturated rings. The molecule has 0 amide bonds. The molecule has 0 spiro atoms. The largest absolute Gasteiger partial charge is 0.508 e. The lowest BCUT2D eigenvalue weighted by atomic mass is 10.0. The molecule has 0 heterocycles. The van der Waals surface area contributed by atoms with E-state index in [1.54, 1.807) is 19.2 Å². The second-order valence-electron chi connectivity index (χ2n) is 4.96. The van der Waals surface area contributed by atoms with Crippen molar-refractivity contribution in [3.05, 3.63) is 59.7 Å². The van der Waals surface area contributed by atoms with Gasteiger partial charge in [0.1, 0.15) is 11.5 Å². The van der Waals surface area contributed by atoms with Gasteiger partial charge < -0.3 is 9.84 Å². The molecule has 2 nitrogen and oxygen atoms in total. The molecule has 0 aromatic heterocycles. The molecule has 0 aliphatic carbocycles. The van der Waals surface area contributed by atoms with Gasteiger partial charge in [-0.05, 0) is 36.1 Å². The molecule has 0 bridgehead atoms. The molecule has 3 heteroatoms. The Hall–Kier alpha value is -1.53. The zero-order valence-electron chi connectivity index (χ0n) is 12.9. The molecule has 21 heavy (non-hydrogen) atoms. The summed E-state index contributed by atoms with van der Waals surface area (Å²) in [6.07, 6.45) is 2.28. The van der Waals surface area contributed by atoms with Crippen LogP contribution in [0.15, 0.2) is 48.5 Å². The Labute approximate surface area is 128 Å². The lowest BCUT2D eigenvalue weighted by Gasteiger charge is -2.28. The van der Waals surface area contributed by atoms with Crippen molar-refractivity contribution in [3.63, 3.8) is 0 Å². The summed E-state index contributed by atoms with van der Waals surface area (Å²) in [6.45, 7) is 4.48. The van der Waals surface area contributed by atoms with Crippen LogP contribution < -0.4 is 4.74 Å². The van der Waals surface area contributed by atoms with Crippen LogP contribution in [0.3, 0.4) is 0 Å². The number of hydrogen-bond acceptors (Lipinski definition) is 2. The summed E-state index contributed by atoms with van der Waals surface area (Å²) >= 11 is 0. The number of benzene rings is 2. The molecular formula is C18H23O2P. The molecular weight excluding hydrogens is 279 g/mol. The number of methoxy groups -OCH3 is 1. The summed E-state index contributed by atoms with van der Waals surface area (Å²) in [7, 11) is 1.44. The lowest BCUT2D eigenvalue weighted by Crippen LogP contribution is -2.03. The van der Waals surface area contributed by atoms with Crippen LogP contribution in [0.5, 0.6) is 11.5 Å². The maximum Gasteiger partial charge on any atom is 0.120 e. The van der Waals surface area contributed by atoms with Gasteiger partial charge in [-0.3, -0.25) is 0 Å². The molecule has 2 rings (SSSR count). The van der Waals surface area contributed by atoms with Crippen molar-refractivity contribution in [1.29, 1.82) is 0 Å². The number of rotatable bonds is 6. The predicted molar refractivity (Wildman–Crippen MR) is 90.9 cm³/mol. The van der Waals surface area contributed by atoms with Crippen LogP contribution in [0, 0.1) is 0 Å². The normalized spacial score (nSPS) is 12.4. The second kappa shape index (κ2) is 7.47. The zero-order valence-corrected chi connectivity index (χ0v) is 13.8. The Morgan fingerprint density at radius 2 is 1.71 bits per heavy atom. The first-order chi connectivity index (χ1) is 10.2. The van der Waals surface area contributed by atoms with Crippen molar-refractivity contribution in [2.24, 2.45) is 0 Å². The molecule has 1 N–H and O–H groups in total. The van der Waals surface area contributed by atoms with E-state index in [4.69, 9.17) is 4.74 Å². The third kappa shape index (κ3) is 3.57. The van der Waals surface area contributed by atoms with Crippen molar-refractivity contribution in [1.82, 2.24) is 0 Å². The summed E-state index contributed by atoms with van der Waals surface area (Å²) in [5.74, 6) is 1.16. The molecule has 0 aliphatic heterocycles. The van der Waals surface area contributed by atoms with E-state index in [2.05, 4.69) is 38.1 Å². The first-order valence-corrected chi connectivity index (χ1v) is 9.15. The van der Waals surface area contributed by atoms with E-state index in [0.717, 1.165) is 23.6 Å². The second-order valence-corrected chi connectivity index (χ2v) is 7.92. The fourth-order valence-electron chi connectivity index (χ4n) is 2.69. The molecule has 0 saturated carbocycles. The van der Waals surface area contributed by atoms with Crippen molar-refractivity contribution in [3.8, 4) is 11.5 Å². The predicted octanol–water partition coefficient (Wildman–Crippen LogP) is 5.01. The van der Waals surface area contributed by atoms with Crippen LogP contribution in [-0.2, 0) is 0 Å². The van der Waals surface area contributed by atoms with Gasteiger partial charge in [0.2, 0.25) is 0 Å². The van der Waals surface area contributed by atoms with Gasteiger partial charge in [-0.15, -0.1) is 0 Å². The first kappa shape index (κ1) is 15.9. The van der Waals surface area contributed by atoms with Crippen LogP contribution in [0.2, 0.25) is 0 Å². The van der Waals surface area contributed by atoms with E-state index in [0.29, 0.717) is 5.75 Å². The Morgan fingerprint density at radius 1 is 1.05 bits per heavy atom. The molecule has 1 unspecified atom stereocenters. The van der Waals surface area contributed by atoms with E-state index < -0.39 is 0 Å². The van der Waals surface area contributed by atoms with Gasteiger partial charge in [0.25, 0.3) is 0 Å². The molecule has 1 atom stereocenters. The van der Waals surface area contributed by atoms with Crippen molar-refractivity contribution < 1.29 is 9.84 Å². The average Bonchev–Trinajstić information content (AvgIpc) is 2.54. The molecule has 2 aromatic rings. The third-order valence-corrected chi connectivity index (χ3v) is 6.75. The van der Waals surface area contributed by atoms with E-state index in [1.807, 2.05) is 12.1 Å². The number of aromatic hydroxyl groups is 1. The van der Waals surface area contributed by atoms with E-state index in [9.17, 15) is 5.11 Å². The highest BCUT2D eigenvalue weighted by atomic mass is 31.1. The molecule has 0 aliphatic rings. The summed E-state index contributed by atoms with van der Waals surface area (Å²) in [5.41, 5.74) is 2.51. The smallest absolute Gasteiger partial charge is 0.120 e. The summed E-state index contributed by atoms with van der Waals surface area (Å²) in [4.78, 5) is 0. The van der Waals surface area contributed by atoms with E-state index in [-0.39, 0.29) is 13.6 Å². The number of phenolic OH excluding ortho intramolecular Hbond substituents is 1. The van der Waals surface area contributed by atoms with Gasteiger partial charge in [0.15, 0.2) is 0 Å². The molecule has 112 valence electrons. The number of ether oxygens (including phenoxy) is 1. The quantitative estimate of drug-likeness (QED) is 0.760. The summed E-state index contributed by atoms with van der Waals surface area (Å²) in [6, 6.07) is 16.0. The van der Waals surface area contributed by atoms with Gasteiger partial charge in [-0.1, -0.05) is 52.1 Å². The van der Waals surface area contributed by atoms with Crippen LogP contribution in [0.25, 0.3) is 0 Å². The Kier molecular flexibility index (Phi) is 5.64. The molecule has 0 saturated heterocycles. The highest BCUT2D eigenvalue weighted by Gasteiger charge is 2.24. The van der Waals surface area contributed by atoms with Gasteiger partial charge in [-0.2, -0.15) is 0 Å². The van der Waals surface area contributed by atoms with Gasteiger partial charge >= 0.3 is 0 Å². The summed E-state index contributed by atoms with van der Waals surface area (Å²) in [5, 5.41) is 10.4. The highest BCUT2D eigenvalue weighted by Crippen LogP contribution is 2.56. The highest BCUT2D eigenvalue weighted by molar-refractivity contribution is 7.58. The minimum atomic E-state index is -0.221. The number of phenols is 1. The minimum absolute atomic E-state index is 0.221. The first-order valence-electron chi connectivity index (χ1n) is 7.37. The Balaban J connectivity index is 2.54. The van der Waals surface area contributed by atoms with Crippen molar-refractivity contribution in [2.45, 2.75) is 19.5 Å². The SMILES string of the molecule is CCP(CC)C(c1ccccc1)c1cc(OC)ccc1O. The van der Waals surface area contributed by atoms with Gasteiger partial charge in [0.05, 0.1) is 7.11 Å². The fourth-order valence-corrected chi connectivity index (χ4v) is 5.06. The van der Waals surface area contributed by atoms with Gasteiger partial charge in [0, 0.05) is 11.2 Å². The topological polar surface area (TPSA) is 29.5 Å². The fraction of sp³-hybridized carbons (Fsp3) is 0.333. The van der Waals surface area contributed by atoms with Crippen LogP contribution >= 0.6 is 7.92 Å². The Morgan fingerprint density at radius 3 is 2.29 bits per heavy atom. The van der Waals surface area contributed by atoms with Crippen LogP contribution in [0.1, 0.15) is 30.6 Å².